The third-order valence-electron chi connectivity index (χ3n) is 11.3. The highest BCUT2D eigenvalue weighted by atomic mass is 16.6. The predicted octanol–water partition coefficient (Wildman–Crippen LogP) is 15.4. The molecule has 0 aliphatic rings. The Bertz CT molecular complexity index is 841. The lowest BCUT2D eigenvalue weighted by Crippen LogP contribution is -2.30. The molecule has 0 amide bonds. The van der Waals surface area contributed by atoms with Crippen molar-refractivity contribution in [2.45, 2.75) is 272 Å². The smallest absolute Gasteiger partial charge is 0.306 e. The number of ether oxygens (including phenoxy) is 3. The molecule has 6 nitrogen and oxygen atoms in total. The molecule has 1 unspecified atom stereocenters. The molecule has 0 saturated carbocycles. The van der Waals surface area contributed by atoms with Gasteiger partial charge >= 0.3 is 17.9 Å². The van der Waals surface area contributed by atoms with Crippen LogP contribution >= 0.6 is 0 Å². The Kier molecular flexibility index (Phi) is 40.8. The Hall–Kier alpha value is -1.59. The van der Waals surface area contributed by atoms with Gasteiger partial charge in [0.1, 0.15) is 13.2 Å². The zero-order valence-corrected chi connectivity index (χ0v) is 37.6. The van der Waals surface area contributed by atoms with Crippen molar-refractivity contribution in [3.63, 3.8) is 0 Å². The maximum atomic E-state index is 12.7. The number of rotatable bonds is 43. The highest BCUT2D eigenvalue weighted by Gasteiger charge is 2.19. The first-order valence-corrected chi connectivity index (χ1v) is 24.3. The summed E-state index contributed by atoms with van der Waals surface area (Å²) in [6.07, 6.45) is 40.8. The molecule has 0 fully saturated rings. The summed E-state index contributed by atoms with van der Waals surface area (Å²) in [6.45, 7) is 11.4. The van der Waals surface area contributed by atoms with Gasteiger partial charge in [0.2, 0.25) is 0 Å². The molecule has 326 valence electrons. The number of unbranched alkanes of at least 4 members (excludes halogenated alkanes) is 27. The first-order chi connectivity index (χ1) is 26.8. The molecule has 0 bridgehead atoms. The second kappa shape index (κ2) is 42.0. The van der Waals surface area contributed by atoms with Crippen LogP contribution in [0.1, 0.15) is 266 Å². The van der Waals surface area contributed by atoms with Crippen LogP contribution in [0.2, 0.25) is 0 Å². The molecular formula is C49H94O6. The van der Waals surface area contributed by atoms with E-state index in [0.29, 0.717) is 19.3 Å². The largest absolute Gasteiger partial charge is 0.462 e. The van der Waals surface area contributed by atoms with E-state index in [1.807, 2.05) is 0 Å². The van der Waals surface area contributed by atoms with Crippen LogP contribution in [0.25, 0.3) is 0 Å². The molecule has 0 aromatic rings. The summed E-state index contributed by atoms with van der Waals surface area (Å²) in [5.74, 6) is 0.827. The van der Waals surface area contributed by atoms with Crippen LogP contribution in [0.5, 0.6) is 0 Å². The van der Waals surface area contributed by atoms with E-state index < -0.39 is 6.10 Å². The number of carbonyl (C=O) groups is 3. The Morgan fingerprint density at radius 2 is 0.691 bits per heavy atom. The van der Waals surface area contributed by atoms with Crippen LogP contribution in [0, 0.1) is 11.8 Å². The van der Waals surface area contributed by atoms with Crippen LogP contribution in [0.15, 0.2) is 0 Å². The van der Waals surface area contributed by atoms with Crippen LogP contribution < -0.4 is 0 Å². The van der Waals surface area contributed by atoms with Crippen LogP contribution in [-0.2, 0) is 28.6 Å². The van der Waals surface area contributed by atoms with Gasteiger partial charge in [-0.05, 0) is 31.1 Å². The van der Waals surface area contributed by atoms with Crippen LogP contribution in [-0.4, -0.2) is 37.2 Å². The van der Waals surface area contributed by atoms with Gasteiger partial charge in [0, 0.05) is 19.3 Å². The molecule has 2 atom stereocenters. The van der Waals surface area contributed by atoms with Crippen molar-refractivity contribution in [1.82, 2.24) is 0 Å². The highest BCUT2D eigenvalue weighted by molar-refractivity contribution is 5.71. The average molecular weight is 779 g/mol. The fourth-order valence-corrected chi connectivity index (χ4v) is 7.25. The minimum absolute atomic E-state index is 0.0645. The number of esters is 3. The Morgan fingerprint density at radius 1 is 0.382 bits per heavy atom. The van der Waals surface area contributed by atoms with E-state index in [2.05, 4.69) is 34.6 Å². The fourth-order valence-electron chi connectivity index (χ4n) is 7.25. The summed E-state index contributed by atoms with van der Waals surface area (Å²) < 4.78 is 16.7. The summed E-state index contributed by atoms with van der Waals surface area (Å²) in [6, 6.07) is 0. The van der Waals surface area contributed by atoms with E-state index in [9.17, 15) is 14.4 Å². The van der Waals surface area contributed by atoms with E-state index in [1.54, 1.807) is 0 Å². The molecular weight excluding hydrogens is 685 g/mol. The molecule has 0 rings (SSSR count). The lowest BCUT2D eigenvalue weighted by Gasteiger charge is -2.18. The van der Waals surface area contributed by atoms with Crippen LogP contribution in [0.3, 0.4) is 0 Å². The summed E-state index contributed by atoms with van der Waals surface area (Å²) in [5.41, 5.74) is 0. The van der Waals surface area contributed by atoms with Crippen molar-refractivity contribution in [2.75, 3.05) is 13.2 Å². The quantitative estimate of drug-likeness (QED) is 0.0348. The van der Waals surface area contributed by atoms with Gasteiger partial charge in [-0.1, -0.05) is 227 Å². The minimum atomic E-state index is -0.760. The van der Waals surface area contributed by atoms with Crippen molar-refractivity contribution >= 4 is 17.9 Å². The monoisotopic (exact) mass is 779 g/mol. The molecule has 0 radical (unpaired) electrons. The van der Waals surface area contributed by atoms with Gasteiger partial charge in [-0.2, -0.15) is 0 Å². The molecule has 6 heteroatoms. The zero-order chi connectivity index (χ0) is 40.5. The third kappa shape index (κ3) is 41.9. The van der Waals surface area contributed by atoms with E-state index in [1.165, 1.54) is 154 Å². The van der Waals surface area contributed by atoms with E-state index >= 15 is 0 Å². The number of hydrogen-bond donors (Lipinski definition) is 0. The van der Waals surface area contributed by atoms with Crippen molar-refractivity contribution in [3.8, 4) is 0 Å². The van der Waals surface area contributed by atoms with Gasteiger partial charge in [0.25, 0.3) is 0 Å². The van der Waals surface area contributed by atoms with E-state index in [-0.39, 0.29) is 31.1 Å². The maximum Gasteiger partial charge on any atom is 0.306 e. The van der Waals surface area contributed by atoms with Gasteiger partial charge in [-0.3, -0.25) is 14.4 Å². The first-order valence-electron chi connectivity index (χ1n) is 24.3. The normalized spacial score (nSPS) is 12.5. The van der Waals surface area contributed by atoms with Gasteiger partial charge in [0.05, 0.1) is 0 Å². The SMILES string of the molecule is CCCCCCCCCCCCC(=O)O[C@@H](COC(=O)CCCCCCCCCCCCCCC(C)C)COC(=O)CCCCCCCCCCC(C)CC. The molecule has 0 saturated heterocycles. The zero-order valence-electron chi connectivity index (χ0n) is 37.6. The van der Waals surface area contributed by atoms with Crippen LogP contribution in [0.4, 0.5) is 0 Å². The summed E-state index contributed by atoms with van der Waals surface area (Å²) >= 11 is 0. The third-order valence-corrected chi connectivity index (χ3v) is 11.3. The number of hydrogen-bond acceptors (Lipinski definition) is 6. The predicted molar refractivity (Wildman–Crippen MR) is 233 cm³/mol. The Morgan fingerprint density at radius 3 is 1.04 bits per heavy atom. The molecule has 0 aromatic heterocycles. The molecule has 0 spiro atoms. The van der Waals surface area contributed by atoms with E-state index in [4.69, 9.17) is 14.2 Å². The van der Waals surface area contributed by atoms with Gasteiger partial charge in [-0.25, -0.2) is 0 Å². The minimum Gasteiger partial charge on any atom is -0.462 e. The van der Waals surface area contributed by atoms with E-state index in [0.717, 1.165) is 69.6 Å². The summed E-state index contributed by atoms with van der Waals surface area (Å²) in [4.78, 5) is 37.8. The summed E-state index contributed by atoms with van der Waals surface area (Å²) in [5, 5.41) is 0. The second-order valence-corrected chi connectivity index (χ2v) is 17.5. The Labute approximate surface area is 342 Å². The molecule has 0 aliphatic carbocycles. The second-order valence-electron chi connectivity index (χ2n) is 17.5. The van der Waals surface area contributed by atoms with Crippen molar-refractivity contribution < 1.29 is 28.6 Å². The molecule has 0 heterocycles. The lowest BCUT2D eigenvalue weighted by atomic mass is 9.99. The van der Waals surface area contributed by atoms with Crippen molar-refractivity contribution in [2.24, 2.45) is 11.8 Å². The topological polar surface area (TPSA) is 78.9 Å². The maximum absolute atomic E-state index is 12.7. The average Bonchev–Trinajstić information content (AvgIpc) is 3.17. The fraction of sp³-hybridized carbons (Fsp3) is 0.939. The first kappa shape index (κ1) is 53.4. The molecule has 55 heavy (non-hydrogen) atoms. The molecule has 0 aromatic carbocycles. The van der Waals surface area contributed by atoms with Gasteiger partial charge < -0.3 is 14.2 Å². The molecule has 0 aliphatic heterocycles. The van der Waals surface area contributed by atoms with Gasteiger partial charge in [-0.15, -0.1) is 0 Å². The molecule has 0 N–H and O–H groups in total. The Balaban J connectivity index is 4.30. The highest BCUT2D eigenvalue weighted by Crippen LogP contribution is 2.17. The van der Waals surface area contributed by atoms with Crippen molar-refractivity contribution in [3.05, 3.63) is 0 Å². The standard InChI is InChI=1S/C49H94O6/c1-6-8-9-10-11-12-18-26-31-36-41-49(52)55-46(43-54-48(51)40-35-30-25-21-20-23-28-33-38-45(5)7-2)42-53-47(50)39-34-29-24-19-16-14-13-15-17-22-27-32-37-44(3)4/h44-46H,6-43H2,1-5H3/t45?,46-/m0/s1. The van der Waals surface area contributed by atoms with Gasteiger partial charge in [0.15, 0.2) is 6.10 Å². The van der Waals surface area contributed by atoms with Crippen molar-refractivity contribution in [1.29, 1.82) is 0 Å². The number of carbonyl (C=O) groups excluding carboxylic acids is 3. The lowest BCUT2D eigenvalue weighted by molar-refractivity contribution is -0.167. The summed E-state index contributed by atoms with van der Waals surface area (Å²) in [7, 11) is 0.